The minimum atomic E-state index is -0.751. The fourth-order valence-electron chi connectivity index (χ4n) is 5.99. The summed E-state index contributed by atoms with van der Waals surface area (Å²) in [6.07, 6.45) is 6.32. The van der Waals surface area contributed by atoms with Gasteiger partial charge >= 0.3 is 0 Å². The third-order valence-corrected chi connectivity index (χ3v) is 7.99. The summed E-state index contributed by atoms with van der Waals surface area (Å²) in [5.74, 6) is 0.0865. The molecule has 3 aliphatic heterocycles. The Labute approximate surface area is 191 Å². The van der Waals surface area contributed by atoms with Crippen LogP contribution in [0.1, 0.15) is 44.9 Å². The van der Waals surface area contributed by atoms with Gasteiger partial charge in [0.05, 0.1) is 31.0 Å². The standard InChI is InChI=1S/C23H42N4O5/c1-31-17-7-5-16(6-8-17)23(30)25-14-18-21(22(29)19(15-28)32-18)27-12-10-26(11-13-27)20-4-2-3-9-24-20/h16-22,24,28-29H,2-15H2,1H3,(H,25,30)/t16?,17?,18-,19-,20?,21-,22+/m0/s1. The highest BCUT2D eigenvalue weighted by molar-refractivity contribution is 5.78. The molecule has 32 heavy (non-hydrogen) atoms. The normalized spacial score (nSPS) is 39.8. The molecular formula is C23H42N4O5. The van der Waals surface area contributed by atoms with Gasteiger partial charge in [0.15, 0.2) is 0 Å². The fourth-order valence-corrected chi connectivity index (χ4v) is 5.99. The van der Waals surface area contributed by atoms with E-state index >= 15 is 0 Å². The van der Waals surface area contributed by atoms with Crippen LogP contribution in [0.5, 0.6) is 0 Å². The van der Waals surface area contributed by atoms with E-state index in [-0.39, 0.29) is 36.7 Å². The van der Waals surface area contributed by atoms with E-state index in [1.807, 2.05) is 0 Å². The Morgan fingerprint density at radius 3 is 2.41 bits per heavy atom. The number of methoxy groups -OCH3 is 1. The Kier molecular flexibility index (Phi) is 8.78. The van der Waals surface area contributed by atoms with E-state index in [0.29, 0.717) is 12.7 Å². The molecule has 3 saturated heterocycles. The average Bonchev–Trinajstić information content (AvgIpc) is 3.18. The number of piperazine rings is 1. The molecule has 1 unspecified atom stereocenters. The third-order valence-electron chi connectivity index (χ3n) is 7.99. The molecule has 184 valence electrons. The maximum absolute atomic E-state index is 12.7. The summed E-state index contributed by atoms with van der Waals surface area (Å²) in [5, 5.41) is 27.3. The molecule has 0 radical (unpaired) electrons. The summed E-state index contributed by atoms with van der Waals surface area (Å²) in [4.78, 5) is 17.5. The van der Waals surface area contributed by atoms with Crippen LogP contribution < -0.4 is 10.6 Å². The van der Waals surface area contributed by atoms with Gasteiger partial charge in [-0.15, -0.1) is 0 Å². The van der Waals surface area contributed by atoms with Crippen molar-refractivity contribution < 1.29 is 24.5 Å². The Hall–Kier alpha value is -0.810. The van der Waals surface area contributed by atoms with Crippen LogP contribution in [0.25, 0.3) is 0 Å². The number of rotatable bonds is 7. The molecule has 5 atom stereocenters. The molecule has 1 saturated carbocycles. The first-order valence-corrected chi connectivity index (χ1v) is 12.6. The molecule has 1 amide bonds. The number of hydrogen-bond donors (Lipinski definition) is 4. The van der Waals surface area contributed by atoms with Gasteiger partial charge in [-0.3, -0.25) is 14.6 Å². The Morgan fingerprint density at radius 2 is 1.78 bits per heavy atom. The second kappa shape index (κ2) is 11.6. The van der Waals surface area contributed by atoms with Crippen LogP contribution in [0.3, 0.4) is 0 Å². The molecule has 0 aromatic heterocycles. The van der Waals surface area contributed by atoms with Gasteiger partial charge in [-0.05, 0) is 51.5 Å². The molecule has 1 aliphatic carbocycles. The van der Waals surface area contributed by atoms with Gasteiger partial charge < -0.3 is 30.3 Å². The number of nitrogens with one attached hydrogen (secondary N) is 2. The highest BCUT2D eigenvalue weighted by Gasteiger charge is 2.47. The van der Waals surface area contributed by atoms with Gasteiger partial charge in [-0.25, -0.2) is 0 Å². The number of nitrogens with zero attached hydrogens (tertiary/aromatic N) is 2. The first-order chi connectivity index (χ1) is 15.6. The second-order valence-corrected chi connectivity index (χ2v) is 9.87. The second-order valence-electron chi connectivity index (χ2n) is 9.87. The minimum absolute atomic E-state index is 0.0198. The summed E-state index contributed by atoms with van der Waals surface area (Å²) in [6.45, 7) is 4.85. The molecule has 4 aliphatic rings. The zero-order valence-electron chi connectivity index (χ0n) is 19.5. The number of carbonyl (C=O) groups excluding carboxylic acids is 1. The Balaban J connectivity index is 1.29. The summed E-state index contributed by atoms with van der Waals surface area (Å²) in [7, 11) is 1.73. The lowest BCUT2D eigenvalue weighted by molar-refractivity contribution is -0.127. The lowest BCUT2D eigenvalue weighted by atomic mass is 9.86. The Bertz CT molecular complexity index is 589. The predicted octanol–water partition coefficient (Wildman–Crippen LogP) is -0.486. The van der Waals surface area contributed by atoms with Gasteiger partial charge in [0.1, 0.15) is 12.2 Å². The van der Waals surface area contributed by atoms with Gasteiger partial charge in [0.25, 0.3) is 0 Å². The van der Waals surface area contributed by atoms with Gasteiger partial charge in [-0.2, -0.15) is 0 Å². The molecule has 3 heterocycles. The summed E-state index contributed by atoms with van der Waals surface area (Å²) in [5.41, 5.74) is 0. The van der Waals surface area contributed by atoms with E-state index in [4.69, 9.17) is 9.47 Å². The van der Waals surface area contributed by atoms with Crippen molar-refractivity contribution in [3.63, 3.8) is 0 Å². The van der Waals surface area contributed by atoms with Crippen molar-refractivity contribution in [2.45, 2.75) is 81.6 Å². The lowest BCUT2D eigenvalue weighted by Crippen LogP contribution is -2.61. The molecule has 9 nitrogen and oxygen atoms in total. The van der Waals surface area contributed by atoms with Gasteiger partial charge in [0.2, 0.25) is 5.91 Å². The molecule has 0 aromatic carbocycles. The van der Waals surface area contributed by atoms with Crippen LogP contribution in [-0.2, 0) is 14.3 Å². The number of carbonyl (C=O) groups is 1. The zero-order valence-corrected chi connectivity index (χ0v) is 19.5. The van der Waals surface area contributed by atoms with E-state index in [0.717, 1.165) is 58.4 Å². The first-order valence-electron chi connectivity index (χ1n) is 12.6. The summed E-state index contributed by atoms with van der Waals surface area (Å²) < 4.78 is 11.4. The number of aliphatic hydroxyl groups is 2. The molecule has 4 fully saturated rings. The van der Waals surface area contributed by atoms with Crippen LogP contribution in [-0.4, -0.2) is 116 Å². The predicted molar refractivity (Wildman–Crippen MR) is 120 cm³/mol. The minimum Gasteiger partial charge on any atom is -0.394 e. The monoisotopic (exact) mass is 454 g/mol. The molecule has 4 N–H and O–H groups in total. The maximum Gasteiger partial charge on any atom is 0.223 e. The van der Waals surface area contributed by atoms with Crippen molar-refractivity contribution in [2.75, 3.05) is 53.0 Å². The van der Waals surface area contributed by atoms with Crippen molar-refractivity contribution in [2.24, 2.45) is 5.92 Å². The topological polar surface area (TPSA) is 107 Å². The van der Waals surface area contributed by atoms with Crippen LogP contribution in [0.15, 0.2) is 0 Å². The summed E-state index contributed by atoms with van der Waals surface area (Å²) in [6, 6.07) is -0.210. The molecule has 9 heteroatoms. The van der Waals surface area contributed by atoms with E-state index in [1.54, 1.807) is 7.11 Å². The molecule has 4 rings (SSSR count). The third kappa shape index (κ3) is 5.63. The van der Waals surface area contributed by atoms with E-state index in [2.05, 4.69) is 20.4 Å². The molecule has 0 bridgehead atoms. The fraction of sp³-hybridized carbons (Fsp3) is 0.957. The average molecular weight is 455 g/mol. The van der Waals surface area contributed by atoms with Crippen molar-refractivity contribution >= 4 is 5.91 Å². The lowest BCUT2D eigenvalue weighted by Gasteiger charge is -2.44. The number of piperidine rings is 1. The van der Waals surface area contributed by atoms with Crippen molar-refractivity contribution in [3.05, 3.63) is 0 Å². The summed E-state index contributed by atoms with van der Waals surface area (Å²) >= 11 is 0. The van der Waals surface area contributed by atoms with Crippen LogP contribution in [0, 0.1) is 5.92 Å². The Morgan fingerprint density at radius 1 is 1.06 bits per heavy atom. The number of aliphatic hydroxyl groups excluding tert-OH is 2. The number of ether oxygens (including phenoxy) is 2. The SMILES string of the molecule is COC1CCC(C(=O)NC[C@@H]2O[C@@H](CO)[C@@H](O)[C@H]2N2CCN(C3CCCCN3)CC2)CC1. The number of amides is 1. The van der Waals surface area contributed by atoms with E-state index in [9.17, 15) is 15.0 Å². The van der Waals surface area contributed by atoms with Gasteiger partial charge in [0, 0.05) is 45.8 Å². The highest BCUT2D eigenvalue weighted by atomic mass is 16.5. The van der Waals surface area contributed by atoms with E-state index < -0.39 is 12.2 Å². The van der Waals surface area contributed by atoms with Crippen LogP contribution in [0.4, 0.5) is 0 Å². The highest BCUT2D eigenvalue weighted by Crippen LogP contribution is 2.29. The maximum atomic E-state index is 12.7. The van der Waals surface area contributed by atoms with Crippen LogP contribution >= 0.6 is 0 Å². The largest absolute Gasteiger partial charge is 0.394 e. The zero-order chi connectivity index (χ0) is 22.5. The van der Waals surface area contributed by atoms with Crippen molar-refractivity contribution in [3.8, 4) is 0 Å². The number of hydrogen-bond acceptors (Lipinski definition) is 8. The van der Waals surface area contributed by atoms with Gasteiger partial charge in [-0.1, -0.05) is 0 Å². The van der Waals surface area contributed by atoms with Crippen molar-refractivity contribution in [1.29, 1.82) is 0 Å². The molecule has 0 aromatic rings. The quantitative estimate of drug-likeness (QED) is 0.409. The van der Waals surface area contributed by atoms with E-state index in [1.165, 1.54) is 19.3 Å². The first kappa shape index (κ1) is 24.3. The van der Waals surface area contributed by atoms with Crippen LogP contribution in [0.2, 0.25) is 0 Å². The molecular weight excluding hydrogens is 412 g/mol. The van der Waals surface area contributed by atoms with Crippen molar-refractivity contribution in [1.82, 2.24) is 20.4 Å². The smallest absolute Gasteiger partial charge is 0.223 e. The molecule has 0 spiro atoms.